The summed E-state index contributed by atoms with van der Waals surface area (Å²) in [4.78, 5) is 14.0. The maximum absolute atomic E-state index is 13.8. The van der Waals surface area contributed by atoms with Crippen LogP contribution in [-0.2, 0) is 30.3 Å². The van der Waals surface area contributed by atoms with Crippen LogP contribution in [0.4, 0.5) is 5.69 Å². The number of carbonyl (C=O) groups is 1. The van der Waals surface area contributed by atoms with Gasteiger partial charge in [0.1, 0.15) is 6.04 Å². The van der Waals surface area contributed by atoms with Gasteiger partial charge in [-0.3, -0.25) is 4.79 Å². The van der Waals surface area contributed by atoms with Gasteiger partial charge in [-0.25, -0.2) is 16.8 Å². The minimum atomic E-state index is -4.06. The number of benzene rings is 3. The molecule has 5 aliphatic rings. The average Bonchev–Trinajstić information content (AvgIpc) is 3.01. The summed E-state index contributed by atoms with van der Waals surface area (Å²) in [6.45, 7) is -0.500. The number of piperazine rings is 1. The summed E-state index contributed by atoms with van der Waals surface area (Å²) in [5, 5.41) is 2.91. The average molecular weight is 620 g/mol. The van der Waals surface area contributed by atoms with Crippen LogP contribution in [0.5, 0.6) is 0 Å². The first-order valence-corrected chi connectivity index (χ1v) is 18.1. The molecular weight excluding hydrogens is 583 g/mol. The monoisotopic (exact) mass is 619 g/mol. The summed E-state index contributed by atoms with van der Waals surface area (Å²) in [6, 6.07) is 22.8. The number of nitrogens with zero attached hydrogens (tertiary/aromatic N) is 2. The first-order valence-electron chi connectivity index (χ1n) is 15.2. The lowest BCUT2D eigenvalue weighted by Crippen LogP contribution is -2.60. The van der Waals surface area contributed by atoms with Gasteiger partial charge in [0, 0.05) is 25.3 Å². The largest absolute Gasteiger partial charge is 0.325 e. The van der Waals surface area contributed by atoms with Crippen LogP contribution >= 0.6 is 0 Å². The van der Waals surface area contributed by atoms with Crippen LogP contribution in [0.15, 0.2) is 94.7 Å². The Bertz CT molecular complexity index is 1680. The zero-order chi connectivity index (χ0) is 29.8. The van der Waals surface area contributed by atoms with Crippen molar-refractivity contribution < 1.29 is 21.6 Å². The fraction of sp³-hybridized carbons (Fsp3) is 0.424. The number of rotatable bonds is 7. The Morgan fingerprint density at radius 3 is 1.72 bits per heavy atom. The summed E-state index contributed by atoms with van der Waals surface area (Å²) in [5.74, 6) is 1.91. The van der Waals surface area contributed by atoms with E-state index >= 15 is 0 Å². The van der Waals surface area contributed by atoms with E-state index in [4.69, 9.17) is 0 Å². The van der Waals surface area contributed by atoms with Gasteiger partial charge in [0.05, 0.1) is 9.79 Å². The molecule has 1 heterocycles. The van der Waals surface area contributed by atoms with Crippen LogP contribution in [-0.4, -0.2) is 57.0 Å². The topological polar surface area (TPSA) is 104 Å². The third-order valence-corrected chi connectivity index (χ3v) is 13.9. The van der Waals surface area contributed by atoms with Crippen LogP contribution in [0.2, 0.25) is 0 Å². The molecule has 1 saturated heterocycles. The van der Waals surface area contributed by atoms with E-state index in [2.05, 4.69) is 17.4 Å². The molecule has 3 aromatic carbocycles. The Hall–Kier alpha value is -3.05. The molecule has 8 rings (SSSR count). The molecule has 10 heteroatoms. The molecule has 4 saturated carbocycles. The van der Waals surface area contributed by atoms with Crippen LogP contribution < -0.4 is 5.32 Å². The molecule has 4 aliphatic carbocycles. The van der Waals surface area contributed by atoms with Gasteiger partial charge in [-0.1, -0.05) is 48.5 Å². The van der Waals surface area contributed by atoms with Crippen molar-refractivity contribution in [2.45, 2.75) is 59.8 Å². The first-order chi connectivity index (χ1) is 20.6. The third kappa shape index (κ3) is 5.22. The number of hydrogen-bond donors (Lipinski definition) is 1. The quantitative estimate of drug-likeness (QED) is 0.407. The van der Waals surface area contributed by atoms with E-state index in [1.165, 1.54) is 72.7 Å². The lowest BCUT2D eigenvalue weighted by Gasteiger charge is -2.57. The number of carbonyl (C=O) groups excluding carboxylic acids is 1. The van der Waals surface area contributed by atoms with Crippen molar-refractivity contribution in [3.05, 3.63) is 90.5 Å². The fourth-order valence-corrected chi connectivity index (χ4v) is 11.6. The van der Waals surface area contributed by atoms with Crippen molar-refractivity contribution in [3.63, 3.8) is 0 Å². The molecule has 0 radical (unpaired) electrons. The molecular formula is C33H37N3O5S2. The normalized spacial score (nSPS) is 29.4. The minimum absolute atomic E-state index is 0.0621. The number of sulfonamides is 2. The van der Waals surface area contributed by atoms with Gasteiger partial charge in [0.15, 0.2) is 0 Å². The predicted molar refractivity (Wildman–Crippen MR) is 164 cm³/mol. The molecule has 8 nitrogen and oxygen atoms in total. The van der Waals surface area contributed by atoms with Crippen molar-refractivity contribution in [2.75, 3.05) is 25.0 Å². The van der Waals surface area contributed by atoms with E-state index in [0.29, 0.717) is 5.69 Å². The molecule has 1 amide bonds. The van der Waals surface area contributed by atoms with Crippen LogP contribution in [0.25, 0.3) is 0 Å². The lowest BCUT2D eigenvalue weighted by atomic mass is 9.48. The molecule has 4 bridgehead atoms. The van der Waals surface area contributed by atoms with Crippen molar-refractivity contribution in [3.8, 4) is 0 Å². The highest BCUT2D eigenvalue weighted by Gasteiger charge is 2.51. The molecule has 0 unspecified atom stereocenters. The summed E-state index contributed by atoms with van der Waals surface area (Å²) in [7, 11) is -7.99. The smallest absolute Gasteiger partial charge is 0.244 e. The summed E-state index contributed by atoms with van der Waals surface area (Å²) >= 11 is 0. The van der Waals surface area contributed by atoms with E-state index in [9.17, 15) is 21.6 Å². The first kappa shape index (κ1) is 28.7. The Morgan fingerprint density at radius 2 is 1.19 bits per heavy atom. The Kier molecular flexibility index (Phi) is 7.23. The summed E-state index contributed by atoms with van der Waals surface area (Å²) in [6.07, 6.45) is 7.83. The number of hydrogen-bond acceptors (Lipinski definition) is 5. The van der Waals surface area contributed by atoms with Gasteiger partial charge >= 0.3 is 0 Å². The Balaban J connectivity index is 1.15. The molecule has 0 spiro atoms. The number of amides is 1. The molecule has 1 aliphatic heterocycles. The molecule has 43 heavy (non-hydrogen) atoms. The highest BCUT2D eigenvalue weighted by molar-refractivity contribution is 7.89. The maximum Gasteiger partial charge on any atom is 0.244 e. The van der Waals surface area contributed by atoms with Gasteiger partial charge in [0.2, 0.25) is 26.0 Å². The van der Waals surface area contributed by atoms with Crippen molar-refractivity contribution in [1.29, 1.82) is 0 Å². The third-order valence-electron chi connectivity index (χ3n) is 10.1. The van der Waals surface area contributed by atoms with Crippen LogP contribution in [0.3, 0.4) is 0 Å². The second-order valence-corrected chi connectivity index (χ2v) is 16.7. The van der Waals surface area contributed by atoms with Crippen LogP contribution in [0, 0.1) is 17.8 Å². The van der Waals surface area contributed by atoms with Gasteiger partial charge in [-0.2, -0.15) is 8.61 Å². The van der Waals surface area contributed by atoms with E-state index in [1.807, 2.05) is 12.1 Å². The fourth-order valence-electron chi connectivity index (χ4n) is 8.53. The summed E-state index contributed by atoms with van der Waals surface area (Å²) < 4.78 is 56.7. The number of anilines is 1. The standard InChI is InChI=1S/C33H37N3O5S2/c37-32(34-28-13-11-27(12-14-28)33-20-24-17-25(21-33)19-26(18-24)22-33)31-23-35(42(38,39)29-7-3-1-4-8-29)15-16-36(31)43(40,41)30-9-5-2-6-10-30/h1-14,24-26,31H,15-23H2,(H,34,37)/t24?,25?,26?,31-,33?/m1/s1. The second kappa shape index (κ2) is 10.8. The molecule has 5 fully saturated rings. The number of nitrogens with one attached hydrogen (secondary N) is 1. The van der Waals surface area contributed by atoms with E-state index in [1.54, 1.807) is 36.4 Å². The highest BCUT2D eigenvalue weighted by atomic mass is 32.2. The lowest BCUT2D eigenvalue weighted by molar-refractivity contribution is -0.120. The van der Waals surface area contributed by atoms with Gasteiger partial charge in [-0.05, 0) is 104 Å². The molecule has 1 N–H and O–H groups in total. The Morgan fingerprint density at radius 1 is 0.674 bits per heavy atom. The Labute approximate surface area is 254 Å². The van der Waals surface area contributed by atoms with E-state index in [-0.39, 0.29) is 34.8 Å². The second-order valence-electron chi connectivity index (χ2n) is 12.9. The minimum Gasteiger partial charge on any atom is -0.325 e. The van der Waals surface area contributed by atoms with Gasteiger partial charge < -0.3 is 5.32 Å². The zero-order valence-electron chi connectivity index (χ0n) is 24.0. The molecule has 0 aromatic heterocycles. The maximum atomic E-state index is 13.8. The van der Waals surface area contributed by atoms with E-state index < -0.39 is 32.0 Å². The van der Waals surface area contributed by atoms with Crippen molar-refractivity contribution in [1.82, 2.24) is 8.61 Å². The van der Waals surface area contributed by atoms with Crippen molar-refractivity contribution >= 4 is 31.6 Å². The van der Waals surface area contributed by atoms with Gasteiger partial charge in [-0.15, -0.1) is 0 Å². The molecule has 3 aromatic rings. The van der Waals surface area contributed by atoms with Crippen LogP contribution in [0.1, 0.15) is 44.1 Å². The van der Waals surface area contributed by atoms with Crippen molar-refractivity contribution in [2.24, 2.45) is 17.8 Å². The predicted octanol–water partition coefficient (Wildman–Crippen LogP) is 4.86. The SMILES string of the molecule is O=C(Nc1ccc(C23CC4CC(CC(C4)C2)C3)cc1)[C@H]1CN(S(=O)(=O)c2ccccc2)CCN1S(=O)(=O)c1ccccc1. The molecule has 226 valence electrons. The van der Waals surface area contributed by atoms with E-state index in [0.717, 1.165) is 22.1 Å². The van der Waals surface area contributed by atoms with Gasteiger partial charge in [0.25, 0.3) is 0 Å². The summed E-state index contributed by atoms with van der Waals surface area (Å²) in [5.41, 5.74) is 2.13. The highest BCUT2D eigenvalue weighted by Crippen LogP contribution is 2.60. The zero-order valence-corrected chi connectivity index (χ0v) is 25.6. The molecule has 1 atom stereocenters.